The Morgan fingerprint density at radius 3 is 2.84 bits per heavy atom. The number of aromatic nitrogens is 3. The summed E-state index contributed by atoms with van der Waals surface area (Å²) in [5.41, 5.74) is 0.576. The van der Waals surface area contributed by atoms with Crippen LogP contribution in [0.25, 0.3) is 16.8 Å². The summed E-state index contributed by atoms with van der Waals surface area (Å²) in [4.78, 5) is 11.6. The Morgan fingerprint density at radius 1 is 1.28 bits per heavy atom. The van der Waals surface area contributed by atoms with Gasteiger partial charge < -0.3 is 0 Å². The Hall–Kier alpha value is -2.78. The van der Waals surface area contributed by atoms with Gasteiger partial charge in [-0.1, -0.05) is 30.0 Å². The van der Waals surface area contributed by atoms with Gasteiger partial charge in [0.1, 0.15) is 0 Å². The molecule has 0 atom stereocenters. The smallest absolute Gasteiger partial charge is 0.258 e. The van der Waals surface area contributed by atoms with E-state index in [0.717, 1.165) is 4.88 Å². The second kappa shape index (κ2) is 7.86. The number of thioether (sulfide) groups is 1. The number of nitro groups is 1. The van der Waals surface area contributed by atoms with E-state index in [9.17, 15) is 10.1 Å². The Labute approximate surface area is 151 Å². The van der Waals surface area contributed by atoms with E-state index in [1.54, 1.807) is 52.6 Å². The van der Waals surface area contributed by atoms with Crippen LogP contribution in [0.5, 0.6) is 0 Å². The van der Waals surface area contributed by atoms with Gasteiger partial charge in [-0.2, -0.15) is 9.78 Å². The van der Waals surface area contributed by atoms with Crippen molar-refractivity contribution in [2.45, 2.75) is 5.16 Å². The molecule has 3 rings (SSSR count). The lowest BCUT2D eigenvalue weighted by Gasteiger charge is -1.99. The van der Waals surface area contributed by atoms with Gasteiger partial charge >= 0.3 is 0 Å². The van der Waals surface area contributed by atoms with Crippen LogP contribution in [-0.4, -0.2) is 32.3 Å². The second-order valence-electron chi connectivity index (χ2n) is 4.74. The number of nitrogens with zero attached hydrogens (tertiary/aromatic N) is 5. The first-order valence-electron chi connectivity index (χ1n) is 7.18. The molecule has 0 spiro atoms. The largest absolute Gasteiger partial charge is 0.276 e. The minimum atomic E-state index is -0.405. The predicted octanol–water partition coefficient (Wildman–Crippen LogP) is 4.18. The number of hydrogen-bond donors (Lipinski definition) is 0. The molecule has 0 aliphatic rings. The molecule has 0 N–H and O–H groups in total. The number of hydrogen-bond acceptors (Lipinski definition) is 7. The predicted molar refractivity (Wildman–Crippen MR) is 101 cm³/mol. The summed E-state index contributed by atoms with van der Waals surface area (Å²) in [6, 6.07) is 10.4. The van der Waals surface area contributed by atoms with Crippen molar-refractivity contribution >= 4 is 41.1 Å². The molecule has 2 heterocycles. The highest BCUT2D eigenvalue weighted by Gasteiger charge is 2.13. The van der Waals surface area contributed by atoms with Gasteiger partial charge in [-0.3, -0.25) is 10.1 Å². The molecule has 0 unspecified atom stereocenters. The van der Waals surface area contributed by atoms with Gasteiger partial charge in [0.15, 0.2) is 5.82 Å². The molecule has 7 nitrogen and oxygen atoms in total. The van der Waals surface area contributed by atoms with Crippen molar-refractivity contribution in [2.75, 3.05) is 6.26 Å². The molecule has 0 aliphatic heterocycles. The molecule has 0 radical (unpaired) electrons. The molecule has 1 aromatic carbocycles. The van der Waals surface area contributed by atoms with E-state index in [1.165, 1.54) is 17.8 Å². The molecular formula is C16H13N5O2S2. The molecule has 3 aromatic rings. The first-order valence-corrected chi connectivity index (χ1v) is 9.29. The van der Waals surface area contributed by atoms with Gasteiger partial charge in [0.25, 0.3) is 5.69 Å². The Kier molecular flexibility index (Phi) is 5.36. The van der Waals surface area contributed by atoms with Gasteiger partial charge in [0.05, 0.1) is 15.4 Å². The van der Waals surface area contributed by atoms with E-state index in [2.05, 4.69) is 15.3 Å². The van der Waals surface area contributed by atoms with Crippen LogP contribution in [0.3, 0.4) is 0 Å². The fraction of sp³-hybridized carbons (Fsp3) is 0.0625. The highest BCUT2D eigenvalue weighted by Crippen LogP contribution is 2.26. The summed E-state index contributed by atoms with van der Waals surface area (Å²) in [7, 11) is 0. The van der Waals surface area contributed by atoms with E-state index in [0.29, 0.717) is 16.5 Å². The maximum atomic E-state index is 11.0. The summed E-state index contributed by atoms with van der Waals surface area (Å²) in [5.74, 6) is 0.662. The van der Waals surface area contributed by atoms with Crippen molar-refractivity contribution in [3.05, 3.63) is 63.5 Å². The zero-order valence-electron chi connectivity index (χ0n) is 13.1. The van der Waals surface area contributed by atoms with Crippen LogP contribution in [0.15, 0.2) is 58.1 Å². The highest BCUT2D eigenvalue weighted by atomic mass is 32.2. The van der Waals surface area contributed by atoms with Crippen LogP contribution in [0.2, 0.25) is 0 Å². The third-order valence-electron chi connectivity index (χ3n) is 3.21. The van der Waals surface area contributed by atoms with Crippen LogP contribution in [0, 0.1) is 10.1 Å². The maximum absolute atomic E-state index is 11.0. The summed E-state index contributed by atoms with van der Waals surface area (Å²) < 4.78 is 1.65. The SMILES string of the molecule is CSc1nnc(-c2cccs2)n1/N=C\C=C\c1ccccc1[N+](=O)[O-]. The van der Waals surface area contributed by atoms with Crippen molar-refractivity contribution in [1.82, 2.24) is 14.9 Å². The van der Waals surface area contributed by atoms with Gasteiger partial charge in [0.2, 0.25) is 5.16 Å². The third-order valence-corrected chi connectivity index (χ3v) is 4.70. The van der Waals surface area contributed by atoms with Gasteiger partial charge in [-0.05, 0) is 35.9 Å². The van der Waals surface area contributed by atoms with Gasteiger partial charge in [0, 0.05) is 12.3 Å². The average Bonchev–Trinajstić information content (AvgIpc) is 3.28. The summed E-state index contributed by atoms with van der Waals surface area (Å²) in [6.45, 7) is 0. The molecule has 0 amide bonds. The number of thiophene rings is 1. The molecule has 0 aliphatic carbocycles. The molecule has 0 bridgehead atoms. The van der Waals surface area contributed by atoms with E-state index < -0.39 is 4.92 Å². The topological polar surface area (TPSA) is 86.2 Å². The summed E-state index contributed by atoms with van der Waals surface area (Å²) >= 11 is 3.00. The number of benzene rings is 1. The van der Waals surface area contributed by atoms with Gasteiger partial charge in [-0.15, -0.1) is 21.5 Å². The molecule has 0 saturated heterocycles. The van der Waals surface area contributed by atoms with Crippen molar-refractivity contribution in [3.63, 3.8) is 0 Å². The van der Waals surface area contributed by atoms with Crippen LogP contribution in [0.1, 0.15) is 5.56 Å². The summed E-state index contributed by atoms with van der Waals surface area (Å²) in [5, 5.41) is 26.3. The third kappa shape index (κ3) is 3.83. The zero-order valence-corrected chi connectivity index (χ0v) is 14.8. The minimum absolute atomic E-state index is 0.0560. The Balaban J connectivity index is 1.86. The van der Waals surface area contributed by atoms with E-state index in [4.69, 9.17) is 0 Å². The average molecular weight is 371 g/mol. The van der Waals surface area contributed by atoms with Crippen LogP contribution >= 0.6 is 23.1 Å². The fourth-order valence-electron chi connectivity index (χ4n) is 2.10. The quantitative estimate of drug-likeness (QED) is 0.281. The Morgan fingerprint density at radius 2 is 2.12 bits per heavy atom. The fourth-order valence-corrected chi connectivity index (χ4v) is 3.23. The molecule has 0 fully saturated rings. The van der Waals surface area contributed by atoms with Crippen molar-refractivity contribution in [1.29, 1.82) is 0 Å². The van der Waals surface area contributed by atoms with E-state index >= 15 is 0 Å². The number of nitro benzene ring substituents is 1. The zero-order chi connectivity index (χ0) is 17.6. The van der Waals surface area contributed by atoms with Crippen LogP contribution in [0.4, 0.5) is 5.69 Å². The maximum Gasteiger partial charge on any atom is 0.276 e. The monoisotopic (exact) mass is 371 g/mol. The van der Waals surface area contributed by atoms with E-state index in [1.807, 2.05) is 23.8 Å². The van der Waals surface area contributed by atoms with Crippen molar-refractivity contribution < 1.29 is 4.92 Å². The molecule has 25 heavy (non-hydrogen) atoms. The van der Waals surface area contributed by atoms with Gasteiger partial charge in [-0.25, -0.2) is 0 Å². The second-order valence-corrected chi connectivity index (χ2v) is 6.46. The highest BCUT2D eigenvalue weighted by molar-refractivity contribution is 7.98. The number of allylic oxidation sites excluding steroid dienone is 1. The van der Waals surface area contributed by atoms with Crippen LogP contribution < -0.4 is 0 Å². The number of para-hydroxylation sites is 1. The van der Waals surface area contributed by atoms with E-state index in [-0.39, 0.29) is 5.69 Å². The first-order chi connectivity index (χ1) is 12.2. The molecule has 2 aromatic heterocycles. The van der Waals surface area contributed by atoms with Crippen molar-refractivity contribution in [3.8, 4) is 10.7 Å². The first kappa shape index (κ1) is 17.1. The molecule has 126 valence electrons. The lowest BCUT2D eigenvalue weighted by molar-refractivity contribution is -0.385. The number of rotatable bonds is 6. The lowest BCUT2D eigenvalue weighted by atomic mass is 10.2. The molecular weight excluding hydrogens is 358 g/mol. The molecule has 9 heteroatoms. The standard InChI is InChI=1S/C16H13N5O2S2/c1-24-16-19-18-15(14-9-5-11-25-14)20(16)17-10-4-7-12-6-2-3-8-13(12)21(22)23/h2-11H,1H3/b7-4+,17-10-. The Bertz CT molecular complexity index is 932. The minimum Gasteiger partial charge on any atom is -0.258 e. The normalized spacial score (nSPS) is 11.6. The van der Waals surface area contributed by atoms with Crippen molar-refractivity contribution in [2.24, 2.45) is 5.10 Å². The lowest BCUT2D eigenvalue weighted by Crippen LogP contribution is -1.94. The molecule has 0 saturated carbocycles. The van der Waals surface area contributed by atoms with Crippen LogP contribution in [-0.2, 0) is 0 Å². The summed E-state index contributed by atoms with van der Waals surface area (Å²) in [6.07, 6.45) is 6.77.